The van der Waals surface area contributed by atoms with Crippen molar-refractivity contribution in [3.05, 3.63) is 70.3 Å². The minimum Gasteiger partial charge on any atom is -0.271 e. The molecule has 0 radical (unpaired) electrons. The molecule has 0 aromatic heterocycles. The molecule has 112 valence electrons. The van der Waals surface area contributed by atoms with Crippen LogP contribution in [-0.4, -0.2) is 0 Å². The van der Waals surface area contributed by atoms with Crippen molar-refractivity contribution in [1.29, 1.82) is 0 Å². The van der Waals surface area contributed by atoms with E-state index in [2.05, 4.69) is 68.7 Å². The first-order valence-electron chi connectivity index (χ1n) is 7.69. The Bertz CT molecular complexity index is 552. The first-order valence-corrected chi connectivity index (χ1v) is 7.69. The van der Waals surface area contributed by atoms with Crippen LogP contribution in [0.3, 0.4) is 0 Å². The summed E-state index contributed by atoms with van der Waals surface area (Å²) in [6.45, 7) is 6.50. The lowest BCUT2D eigenvalue weighted by molar-refractivity contribution is 0.494. The van der Waals surface area contributed by atoms with Crippen LogP contribution in [-0.2, 0) is 6.42 Å². The summed E-state index contributed by atoms with van der Waals surface area (Å²) >= 11 is 0. The Labute approximate surface area is 128 Å². The highest BCUT2D eigenvalue weighted by Crippen LogP contribution is 2.26. The first-order chi connectivity index (χ1) is 10.1. The third kappa shape index (κ3) is 4.16. The van der Waals surface area contributed by atoms with Crippen molar-refractivity contribution in [2.24, 2.45) is 5.84 Å². The average Bonchev–Trinajstić information content (AvgIpc) is 2.45. The molecule has 0 spiro atoms. The van der Waals surface area contributed by atoms with E-state index in [1.807, 2.05) is 0 Å². The van der Waals surface area contributed by atoms with Gasteiger partial charge in [0.25, 0.3) is 0 Å². The molecule has 21 heavy (non-hydrogen) atoms. The highest BCUT2D eigenvalue weighted by molar-refractivity contribution is 5.39. The van der Waals surface area contributed by atoms with Gasteiger partial charge in [-0.25, -0.2) is 0 Å². The van der Waals surface area contributed by atoms with Gasteiger partial charge in [-0.3, -0.25) is 11.3 Å². The van der Waals surface area contributed by atoms with Crippen molar-refractivity contribution in [2.45, 2.75) is 46.1 Å². The van der Waals surface area contributed by atoms with Gasteiger partial charge in [0.2, 0.25) is 0 Å². The molecular formula is C19H26N2. The minimum atomic E-state index is 0.231. The van der Waals surface area contributed by atoms with Gasteiger partial charge in [0.1, 0.15) is 0 Å². The normalized spacial score (nSPS) is 12.4. The number of hydrazine groups is 1. The number of hydrogen-bond donors (Lipinski definition) is 2. The van der Waals surface area contributed by atoms with Gasteiger partial charge in [0.15, 0.2) is 0 Å². The van der Waals surface area contributed by atoms with Crippen LogP contribution in [0.5, 0.6) is 0 Å². The van der Waals surface area contributed by atoms with Gasteiger partial charge in [-0.1, -0.05) is 48.0 Å². The summed E-state index contributed by atoms with van der Waals surface area (Å²) in [6, 6.07) is 15.3. The number of benzene rings is 2. The predicted molar refractivity (Wildman–Crippen MR) is 90.1 cm³/mol. The first kappa shape index (κ1) is 15.7. The molecule has 2 aromatic carbocycles. The van der Waals surface area contributed by atoms with Gasteiger partial charge in [-0.05, 0) is 62.3 Å². The monoisotopic (exact) mass is 282 g/mol. The number of nitrogens with two attached hydrogens (primary N) is 1. The molecule has 0 aliphatic rings. The van der Waals surface area contributed by atoms with Crippen LogP contribution in [0.25, 0.3) is 0 Å². The highest BCUT2D eigenvalue weighted by Gasteiger charge is 2.15. The molecule has 3 N–H and O–H groups in total. The van der Waals surface area contributed by atoms with Gasteiger partial charge in [-0.2, -0.15) is 0 Å². The van der Waals surface area contributed by atoms with Gasteiger partial charge >= 0.3 is 0 Å². The summed E-state index contributed by atoms with van der Waals surface area (Å²) in [5.74, 6) is 5.81. The SMILES string of the molecule is Cc1cc(C)c(C(CCCc2ccccc2)NN)c(C)c1. The third-order valence-electron chi connectivity index (χ3n) is 4.09. The molecule has 1 unspecified atom stereocenters. The molecule has 0 saturated heterocycles. The fourth-order valence-corrected chi connectivity index (χ4v) is 3.21. The van der Waals surface area contributed by atoms with Crippen LogP contribution in [0.2, 0.25) is 0 Å². The molecule has 0 bridgehead atoms. The van der Waals surface area contributed by atoms with Crippen molar-refractivity contribution < 1.29 is 0 Å². The number of nitrogens with one attached hydrogen (secondary N) is 1. The van der Waals surface area contributed by atoms with E-state index in [0.717, 1.165) is 19.3 Å². The number of rotatable bonds is 6. The molecule has 2 rings (SSSR count). The molecule has 2 heteroatoms. The summed E-state index contributed by atoms with van der Waals surface area (Å²) in [4.78, 5) is 0. The van der Waals surface area contributed by atoms with Crippen molar-refractivity contribution in [1.82, 2.24) is 5.43 Å². The van der Waals surface area contributed by atoms with Gasteiger partial charge in [0, 0.05) is 6.04 Å². The fraction of sp³-hybridized carbons (Fsp3) is 0.368. The van der Waals surface area contributed by atoms with Crippen LogP contribution in [0, 0.1) is 20.8 Å². The van der Waals surface area contributed by atoms with Crippen LogP contribution in [0.4, 0.5) is 0 Å². The van der Waals surface area contributed by atoms with Crippen LogP contribution < -0.4 is 11.3 Å². The lowest BCUT2D eigenvalue weighted by Crippen LogP contribution is -2.29. The summed E-state index contributed by atoms with van der Waals surface area (Å²) in [7, 11) is 0. The average molecular weight is 282 g/mol. The maximum atomic E-state index is 5.81. The largest absolute Gasteiger partial charge is 0.271 e. The van der Waals surface area contributed by atoms with Crippen molar-refractivity contribution >= 4 is 0 Å². The van der Waals surface area contributed by atoms with E-state index in [0.29, 0.717) is 0 Å². The Balaban J connectivity index is 2.03. The van der Waals surface area contributed by atoms with E-state index in [9.17, 15) is 0 Å². The molecular weight excluding hydrogens is 256 g/mol. The highest BCUT2D eigenvalue weighted by atomic mass is 15.2. The maximum absolute atomic E-state index is 5.81. The second-order valence-corrected chi connectivity index (χ2v) is 5.91. The van der Waals surface area contributed by atoms with Crippen LogP contribution in [0.15, 0.2) is 42.5 Å². The summed E-state index contributed by atoms with van der Waals surface area (Å²) in [6.07, 6.45) is 3.28. The molecule has 0 heterocycles. The Morgan fingerprint density at radius 3 is 2.19 bits per heavy atom. The zero-order valence-electron chi connectivity index (χ0n) is 13.3. The van der Waals surface area contributed by atoms with E-state index in [1.54, 1.807) is 0 Å². The quantitative estimate of drug-likeness (QED) is 0.617. The Hall–Kier alpha value is -1.64. The van der Waals surface area contributed by atoms with E-state index in [4.69, 9.17) is 5.84 Å². The third-order valence-corrected chi connectivity index (χ3v) is 4.09. The molecule has 0 saturated carbocycles. The summed E-state index contributed by atoms with van der Waals surface area (Å²) in [5, 5.41) is 0. The summed E-state index contributed by atoms with van der Waals surface area (Å²) < 4.78 is 0. The zero-order valence-corrected chi connectivity index (χ0v) is 13.3. The zero-order chi connectivity index (χ0) is 15.2. The molecule has 2 aromatic rings. The minimum absolute atomic E-state index is 0.231. The van der Waals surface area contributed by atoms with Crippen LogP contribution >= 0.6 is 0 Å². The van der Waals surface area contributed by atoms with Gasteiger partial charge in [0.05, 0.1) is 0 Å². The fourth-order valence-electron chi connectivity index (χ4n) is 3.21. The molecule has 0 aliphatic heterocycles. The van der Waals surface area contributed by atoms with Crippen molar-refractivity contribution in [3.63, 3.8) is 0 Å². The Morgan fingerprint density at radius 2 is 1.62 bits per heavy atom. The van der Waals surface area contributed by atoms with Gasteiger partial charge in [-0.15, -0.1) is 0 Å². The summed E-state index contributed by atoms with van der Waals surface area (Å²) in [5.41, 5.74) is 9.73. The number of aryl methyl sites for hydroxylation is 4. The van der Waals surface area contributed by atoms with Gasteiger partial charge < -0.3 is 0 Å². The molecule has 2 nitrogen and oxygen atoms in total. The number of hydrogen-bond acceptors (Lipinski definition) is 2. The van der Waals surface area contributed by atoms with E-state index in [1.165, 1.54) is 27.8 Å². The maximum Gasteiger partial charge on any atom is 0.0465 e. The lowest BCUT2D eigenvalue weighted by atomic mass is 9.91. The van der Waals surface area contributed by atoms with Crippen molar-refractivity contribution in [3.8, 4) is 0 Å². The van der Waals surface area contributed by atoms with E-state index < -0.39 is 0 Å². The lowest BCUT2D eigenvalue weighted by Gasteiger charge is -2.21. The molecule has 0 amide bonds. The van der Waals surface area contributed by atoms with E-state index >= 15 is 0 Å². The molecule has 0 aliphatic carbocycles. The predicted octanol–water partition coefficient (Wildman–Crippen LogP) is 4.14. The standard InChI is InChI=1S/C19H26N2/c1-14-12-15(2)19(16(3)13-14)18(21-20)11-7-10-17-8-5-4-6-9-17/h4-6,8-9,12-13,18,21H,7,10-11,20H2,1-3H3. The van der Waals surface area contributed by atoms with Crippen LogP contribution in [0.1, 0.15) is 46.7 Å². The van der Waals surface area contributed by atoms with E-state index in [-0.39, 0.29) is 6.04 Å². The Kier molecular flexibility index (Phi) is 5.54. The molecule has 0 fully saturated rings. The van der Waals surface area contributed by atoms with Crippen molar-refractivity contribution in [2.75, 3.05) is 0 Å². The smallest absolute Gasteiger partial charge is 0.0465 e. The topological polar surface area (TPSA) is 38.0 Å². The molecule has 1 atom stereocenters. The second-order valence-electron chi connectivity index (χ2n) is 5.91. The Morgan fingerprint density at radius 1 is 1.00 bits per heavy atom. The second kappa shape index (κ2) is 7.39.